The number of nitro benzene ring substituents is 1. The zero-order chi connectivity index (χ0) is 20.8. The van der Waals surface area contributed by atoms with E-state index in [9.17, 15) is 28.5 Å². The van der Waals surface area contributed by atoms with Crippen molar-refractivity contribution in [2.24, 2.45) is 0 Å². The summed E-state index contributed by atoms with van der Waals surface area (Å²) in [6.45, 7) is 1.68. The Bertz CT molecular complexity index is 904. The molecule has 0 aromatic heterocycles. The Morgan fingerprint density at radius 1 is 1.21 bits per heavy atom. The van der Waals surface area contributed by atoms with E-state index in [-0.39, 0.29) is 30.1 Å². The number of hydrogen-bond acceptors (Lipinski definition) is 4. The van der Waals surface area contributed by atoms with E-state index >= 15 is 0 Å². The van der Waals surface area contributed by atoms with Gasteiger partial charge in [0.25, 0.3) is 11.6 Å². The van der Waals surface area contributed by atoms with Gasteiger partial charge >= 0.3 is 0 Å². The molecule has 2 amide bonds. The van der Waals surface area contributed by atoms with Gasteiger partial charge in [0, 0.05) is 38.2 Å². The Balaban J connectivity index is 1.92. The highest BCUT2D eigenvalue weighted by atomic mass is 19.1. The normalized spacial score (nSPS) is 11.6. The van der Waals surface area contributed by atoms with Crippen LogP contribution in [0.3, 0.4) is 0 Å². The molecule has 0 fully saturated rings. The minimum absolute atomic E-state index is 0.0412. The standard InChI is InChI=1S/C19H19F2N3O4/c1-12(13-4-3-5-15(10-13)24(27)28)23(2)18(25)8-9-22-19(26)16-7-6-14(20)11-17(16)21/h3-7,10-12H,8-9H2,1-2H3,(H,22,26). The third-order valence-corrected chi connectivity index (χ3v) is 4.34. The number of nitro groups is 1. The first-order chi connectivity index (χ1) is 13.2. The molecule has 2 rings (SSSR count). The van der Waals surface area contributed by atoms with Crippen LogP contribution in [0.2, 0.25) is 0 Å². The number of nitrogens with one attached hydrogen (secondary N) is 1. The van der Waals surface area contributed by atoms with Gasteiger partial charge in [-0.05, 0) is 24.6 Å². The lowest BCUT2D eigenvalue weighted by molar-refractivity contribution is -0.384. The van der Waals surface area contributed by atoms with Crippen molar-refractivity contribution in [2.45, 2.75) is 19.4 Å². The van der Waals surface area contributed by atoms with Crippen molar-refractivity contribution in [1.82, 2.24) is 10.2 Å². The summed E-state index contributed by atoms with van der Waals surface area (Å²) < 4.78 is 26.5. The molecule has 1 N–H and O–H groups in total. The van der Waals surface area contributed by atoms with E-state index in [1.165, 1.54) is 17.0 Å². The molecule has 0 heterocycles. The molecule has 0 aliphatic carbocycles. The SMILES string of the molecule is CC(c1cccc([N+](=O)[O-])c1)N(C)C(=O)CCNC(=O)c1ccc(F)cc1F. The van der Waals surface area contributed by atoms with Crippen LogP contribution < -0.4 is 5.32 Å². The maximum atomic E-state index is 13.6. The molecule has 148 valence electrons. The molecular weight excluding hydrogens is 372 g/mol. The second kappa shape index (κ2) is 9.03. The van der Waals surface area contributed by atoms with Crippen LogP contribution in [0.25, 0.3) is 0 Å². The Labute approximate surface area is 160 Å². The lowest BCUT2D eigenvalue weighted by atomic mass is 10.1. The molecule has 1 atom stereocenters. The van der Waals surface area contributed by atoms with E-state index in [0.29, 0.717) is 11.6 Å². The molecule has 1 unspecified atom stereocenters. The summed E-state index contributed by atoms with van der Waals surface area (Å²) in [7, 11) is 1.55. The Morgan fingerprint density at radius 3 is 2.57 bits per heavy atom. The fraction of sp³-hybridized carbons (Fsp3) is 0.263. The number of rotatable bonds is 7. The molecule has 2 aromatic rings. The quantitative estimate of drug-likeness (QED) is 0.579. The number of hydrogen-bond donors (Lipinski definition) is 1. The van der Waals surface area contributed by atoms with E-state index in [1.807, 2.05) is 0 Å². The Hall–Kier alpha value is -3.36. The molecule has 7 nitrogen and oxygen atoms in total. The highest BCUT2D eigenvalue weighted by Crippen LogP contribution is 2.23. The summed E-state index contributed by atoms with van der Waals surface area (Å²) in [6, 6.07) is 8.17. The zero-order valence-corrected chi connectivity index (χ0v) is 15.3. The summed E-state index contributed by atoms with van der Waals surface area (Å²) in [5.41, 5.74) is 0.216. The van der Waals surface area contributed by atoms with E-state index in [0.717, 1.165) is 12.1 Å². The van der Waals surface area contributed by atoms with Crippen molar-refractivity contribution in [3.63, 3.8) is 0 Å². The third kappa shape index (κ3) is 5.09. The minimum atomic E-state index is -0.986. The highest BCUT2D eigenvalue weighted by molar-refractivity contribution is 5.94. The molecule has 2 aromatic carbocycles. The molecule has 0 saturated heterocycles. The molecule has 0 aliphatic rings. The summed E-state index contributed by atoms with van der Waals surface area (Å²) in [4.78, 5) is 36.0. The topological polar surface area (TPSA) is 92.6 Å². The molecule has 0 spiro atoms. The second-order valence-corrected chi connectivity index (χ2v) is 6.16. The van der Waals surface area contributed by atoms with Gasteiger partial charge in [0.1, 0.15) is 11.6 Å². The summed E-state index contributed by atoms with van der Waals surface area (Å²) in [6.07, 6.45) is -0.0513. The zero-order valence-electron chi connectivity index (χ0n) is 15.3. The van der Waals surface area contributed by atoms with Crippen LogP contribution in [0.4, 0.5) is 14.5 Å². The maximum Gasteiger partial charge on any atom is 0.269 e. The fourth-order valence-corrected chi connectivity index (χ4v) is 2.57. The van der Waals surface area contributed by atoms with Crippen molar-refractivity contribution >= 4 is 17.5 Å². The number of non-ortho nitro benzene ring substituents is 1. The van der Waals surface area contributed by atoms with Gasteiger partial charge in [0.2, 0.25) is 5.91 Å². The van der Waals surface area contributed by atoms with Crippen molar-refractivity contribution in [3.8, 4) is 0 Å². The third-order valence-electron chi connectivity index (χ3n) is 4.34. The number of carbonyl (C=O) groups is 2. The summed E-state index contributed by atoms with van der Waals surface area (Å²) >= 11 is 0. The van der Waals surface area contributed by atoms with Gasteiger partial charge in [0.15, 0.2) is 0 Å². The molecule has 28 heavy (non-hydrogen) atoms. The largest absolute Gasteiger partial charge is 0.351 e. The number of halogens is 2. The monoisotopic (exact) mass is 391 g/mol. The first-order valence-electron chi connectivity index (χ1n) is 8.44. The van der Waals surface area contributed by atoms with Crippen LogP contribution in [0.15, 0.2) is 42.5 Å². The van der Waals surface area contributed by atoms with Crippen molar-refractivity contribution < 1.29 is 23.3 Å². The lowest BCUT2D eigenvalue weighted by Gasteiger charge is -2.25. The minimum Gasteiger partial charge on any atom is -0.351 e. The second-order valence-electron chi connectivity index (χ2n) is 6.16. The number of amides is 2. The smallest absolute Gasteiger partial charge is 0.269 e. The van der Waals surface area contributed by atoms with E-state index in [2.05, 4.69) is 5.32 Å². The Morgan fingerprint density at radius 2 is 1.93 bits per heavy atom. The van der Waals surface area contributed by atoms with Crippen LogP contribution >= 0.6 is 0 Å². The predicted octanol–water partition coefficient (Wildman–Crippen LogP) is 3.21. The number of nitrogens with zero attached hydrogens (tertiary/aromatic N) is 2. The maximum absolute atomic E-state index is 13.6. The van der Waals surface area contributed by atoms with Crippen molar-refractivity contribution in [1.29, 1.82) is 0 Å². The Kier molecular flexibility index (Phi) is 6.75. The van der Waals surface area contributed by atoms with Crippen LogP contribution in [-0.2, 0) is 4.79 Å². The molecule has 0 radical (unpaired) electrons. The van der Waals surface area contributed by atoms with Gasteiger partial charge in [0.05, 0.1) is 16.5 Å². The predicted molar refractivity (Wildman–Crippen MR) is 97.6 cm³/mol. The average molecular weight is 391 g/mol. The van der Waals surface area contributed by atoms with Crippen molar-refractivity contribution in [3.05, 3.63) is 75.3 Å². The van der Waals surface area contributed by atoms with E-state index in [4.69, 9.17) is 0 Å². The van der Waals surface area contributed by atoms with Gasteiger partial charge in [-0.15, -0.1) is 0 Å². The van der Waals surface area contributed by atoms with E-state index in [1.54, 1.807) is 26.1 Å². The summed E-state index contributed by atoms with van der Waals surface area (Å²) in [5, 5.41) is 13.3. The number of benzene rings is 2. The van der Waals surface area contributed by atoms with Crippen LogP contribution in [0.1, 0.15) is 35.3 Å². The fourth-order valence-electron chi connectivity index (χ4n) is 2.57. The molecule has 0 saturated carbocycles. The van der Waals surface area contributed by atoms with Gasteiger partial charge in [-0.1, -0.05) is 12.1 Å². The van der Waals surface area contributed by atoms with Gasteiger partial charge in [-0.25, -0.2) is 8.78 Å². The molecule has 9 heteroatoms. The van der Waals surface area contributed by atoms with Crippen LogP contribution in [0, 0.1) is 21.7 Å². The molecule has 0 bridgehead atoms. The molecule has 0 aliphatic heterocycles. The first kappa shape index (κ1) is 20.9. The van der Waals surface area contributed by atoms with Gasteiger partial charge in [-0.3, -0.25) is 19.7 Å². The highest BCUT2D eigenvalue weighted by Gasteiger charge is 2.20. The number of carbonyl (C=O) groups excluding carboxylic acids is 2. The summed E-state index contributed by atoms with van der Waals surface area (Å²) in [5.74, 6) is -2.83. The van der Waals surface area contributed by atoms with E-state index < -0.39 is 28.5 Å². The first-order valence-corrected chi connectivity index (χ1v) is 8.44. The lowest BCUT2D eigenvalue weighted by Crippen LogP contribution is -2.34. The van der Waals surface area contributed by atoms with Crippen LogP contribution in [0.5, 0.6) is 0 Å². The average Bonchev–Trinajstić information content (AvgIpc) is 2.66. The van der Waals surface area contributed by atoms with Crippen molar-refractivity contribution in [2.75, 3.05) is 13.6 Å². The van der Waals surface area contributed by atoms with Gasteiger partial charge in [-0.2, -0.15) is 0 Å². The van der Waals surface area contributed by atoms with Gasteiger partial charge < -0.3 is 10.2 Å². The van der Waals surface area contributed by atoms with Crippen LogP contribution in [-0.4, -0.2) is 35.2 Å². The molecular formula is C19H19F2N3O4.